The van der Waals surface area contributed by atoms with Crippen LogP contribution in [0.1, 0.15) is 68.2 Å². The van der Waals surface area contributed by atoms with E-state index in [0.717, 1.165) is 31.8 Å². The van der Waals surface area contributed by atoms with Gasteiger partial charge in [-0.3, -0.25) is 4.90 Å². The van der Waals surface area contributed by atoms with Crippen molar-refractivity contribution in [3.63, 3.8) is 0 Å². The Morgan fingerprint density at radius 3 is 2.17 bits per heavy atom. The molecule has 0 aliphatic carbocycles. The van der Waals surface area contributed by atoms with Gasteiger partial charge in [0.1, 0.15) is 5.75 Å². The molecule has 35 heavy (non-hydrogen) atoms. The summed E-state index contributed by atoms with van der Waals surface area (Å²) in [6.07, 6.45) is 3.57. The molecule has 3 heteroatoms. The third-order valence-corrected chi connectivity index (χ3v) is 9.12. The Hall–Kier alpha value is -2.62. The van der Waals surface area contributed by atoms with E-state index in [-0.39, 0.29) is 11.1 Å². The first-order valence-corrected chi connectivity index (χ1v) is 13.3. The van der Waals surface area contributed by atoms with E-state index in [1.807, 2.05) is 0 Å². The molecule has 6 rings (SSSR count). The van der Waals surface area contributed by atoms with Crippen LogP contribution in [-0.4, -0.2) is 25.1 Å². The Bertz CT molecular complexity index is 1120. The van der Waals surface area contributed by atoms with E-state index in [1.54, 1.807) is 7.11 Å². The third-order valence-electron chi connectivity index (χ3n) is 9.12. The normalized spacial score (nSPS) is 28.6. The molecule has 0 amide bonds. The molecular formula is C32H40N2O. The second-order valence-corrected chi connectivity index (χ2v) is 10.6. The van der Waals surface area contributed by atoms with Crippen molar-refractivity contribution in [2.24, 2.45) is 5.92 Å². The molecule has 3 aliphatic rings. The summed E-state index contributed by atoms with van der Waals surface area (Å²) in [6, 6.07) is 29.1. The summed E-state index contributed by atoms with van der Waals surface area (Å²) in [4.78, 5) is 2.73. The summed E-state index contributed by atoms with van der Waals surface area (Å²) in [5.41, 5.74) is 5.05. The van der Waals surface area contributed by atoms with Crippen LogP contribution in [0, 0.1) is 5.92 Å². The second-order valence-electron chi connectivity index (χ2n) is 10.6. The molecule has 3 heterocycles. The molecular weight excluding hydrogens is 428 g/mol. The maximum Gasteiger partial charge on any atom is 0.123 e. The van der Waals surface area contributed by atoms with Gasteiger partial charge < -0.3 is 10.1 Å². The highest BCUT2D eigenvalue weighted by molar-refractivity contribution is 5.43. The molecule has 184 valence electrons. The van der Waals surface area contributed by atoms with E-state index in [4.69, 9.17) is 4.74 Å². The monoisotopic (exact) mass is 468 g/mol. The van der Waals surface area contributed by atoms with Crippen LogP contribution in [0.15, 0.2) is 78.9 Å². The van der Waals surface area contributed by atoms with Crippen molar-refractivity contribution in [3.8, 4) is 5.75 Å². The van der Waals surface area contributed by atoms with E-state index >= 15 is 0 Å². The fourth-order valence-corrected chi connectivity index (χ4v) is 6.93. The van der Waals surface area contributed by atoms with Crippen molar-refractivity contribution >= 4 is 0 Å². The van der Waals surface area contributed by atoms with Crippen LogP contribution in [-0.2, 0) is 17.6 Å². The van der Waals surface area contributed by atoms with Gasteiger partial charge in [0.25, 0.3) is 0 Å². The van der Waals surface area contributed by atoms with Gasteiger partial charge in [0.05, 0.1) is 18.2 Å². The second kappa shape index (κ2) is 9.79. The minimum Gasteiger partial charge on any atom is -0.496 e. The van der Waals surface area contributed by atoms with E-state index in [0.29, 0.717) is 11.8 Å². The van der Waals surface area contributed by atoms with Crippen LogP contribution in [0.2, 0.25) is 0 Å². The van der Waals surface area contributed by atoms with Gasteiger partial charge in [0.2, 0.25) is 0 Å². The highest BCUT2D eigenvalue weighted by Crippen LogP contribution is 2.57. The Kier molecular flexibility index (Phi) is 6.74. The number of hydrogen-bond donors (Lipinski definition) is 1. The highest BCUT2D eigenvalue weighted by Gasteiger charge is 2.62. The van der Waals surface area contributed by atoms with Gasteiger partial charge in [-0.05, 0) is 73.9 Å². The molecule has 3 atom stereocenters. The lowest BCUT2D eigenvalue weighted by molar-refractivity contribution is -0.122. The predicted octanol–water partition coefficient (Wildman–Crippen LogP) is 6.83. The molecule has 0 saturated carbocycles. The fourth-order valence-electron chi connectivity index (χ4n) is 6.93. The summed E-state index contributed by atoms with van der Waals surface area (Å²) in [7, 11) is 1.79. The zero-order valence-electron chi connectivity index (χ0n) is 21.8. The van der Waals surface area contributed by atoms with Crippen LogP contribution in [0.3, 0.4) is 0 Å². The minimum atomic E-state index is -0.205. The maximum atomic E-state index is 5.84. The van der Waals surface area contributed by atoms with E-state index in [9.17, 15) is 0 Å². The number of nitrogens with one attached hydrogen (secondary N) is 1. The van der Waals surface area contributed by atoms with Crippen molar-refractivity contribution in [1.29, 1.82) is 0 Å². The Morgan fingerprint density at radius 2 is 1.57 bits per heavy atom. The van der Waals surface area contributed by atoms with Crippen LogP contribution in [0.5, 0.6) is 5.75 Å². The fraction of sp³-hybridized carbons (Fsp3) is 0.438. The zero-order chi connectivity index (χ0) is 24.5. The molecule has 1 unspecified atom stereocenters. The molecule has 0 aromatic heterocycles. The molecule has 3 fully saturated rings. The first-order valence-electron chi connectivity index (χ1n) is 13.3. The van der Waals surface area contributed by atoms with Crippen molar-refractivity contribution in [2.75, 3.05) is 20.2 Å². The van der Waals surface area contributed by atoms with Crippen LogP contribution in [0.25, 0.3) is 0 Å². The summed E-state index contributed by atoms with van der Waals surface area (Å²) >= 11 is 0. The number of ether oxygens (including phenoxy) is 1. The van der Waals surface area contributed by atoms with Gasteiger partial charge in [0.15, 0.2) is 0 Å². The van der Waals surface area contributed by atoms with Crippen molar-refractivity contribution in [2.45, 2.75) is 63.6 Å². The van der Waals surface area contributed by atoms with Crippen molar-refractivity contribution in [3.05, 3.63) is 101 Å². The van der Waals surface area contributed by atoms with Crippen LogP contribution < -0.4 is 10.1 Å². The number of fused-ring (bicyclic) bond motifs is 3. The van der Waals surface area contributed by atoms with E-state index < -0.39 is 0 Å². The lowest BCUT2D eigenvalue weighted by Crippen LogP contribution is -2.74. The summed E-state index contributed by atoms with van der Waals surface area (Å²) in [6.45, 7) is 10.1. The Balaban J connectivity index is 1.64. The maximum absolute atomic E-state index is 5.84. The molecule has 3 saturated heterocycles. The SMILES string of the molecule is CCC(C)c1ccc(OC)c(CN[C@]2(c3ccccc3)C3CCN(CC3)[C@@]2(C)c2ccccc2)c1. The van der Waals surface area contributed by atoms with E-state index in [2.05, 4.69) is 110 Å². The lowest BCUT2D eigenvalue weighted by Gasteiger charge is -2.66. The van der Waals surface area contributed by atoms with Gasteiger partial charge in [-0.1, -0.05) is 86.6 Å². The molecule has 3 aromatic rings. The number of methoxy groups -OCH3 is 1. The topological polar surface area (TPSA) is 24.5 Å². The molecule has 2 bridgehead atoms. The van der Waals surface area contributed by atoms with Gasteiger partial charge in [-0.2, -0.15) is 0 Å². The summed E-state index contributed by atoms with van der Waals surface area (Å²) in [5, 5.41) is 4.23. The Labute approximate surface area is 211 Å². The number of benzene rings is 3. The van der Waals surface area contributed by atoms with Gasteiger partial charge in [0, 0.05) is 12.1 Å². The highest BCUT2D eigenvalue weighted by atomic mass is 16.5. The molecule has 3 aliphatic heterocycles. The van der Waals surface area contributed by atoms with E-state index in [1.165, 1.54) is 35.1 Å². The summed E-state index contributed by atoms with van der Waals surface area (Å²) in [5.74, 6) is 2.06. The van der Waals surface area contributed by atoms with Gasteiger partial charge >= 0.3 is 0 Å². The minimum absolute atomic E-state index is 0.154. The average Bonchev–Trinajstić information content (AvgIpc) is 2.93. The van der Waals surface area contributed by atoms with Crippen molar-refractivity contribution in [1.82, 2.24) is 10.2 Å². The molecule has 1 N–H and O–H groups in total. The first-order chi connectivity index (χ1) is 17.0. The average molecular weight is 469 g/mol. The molecule has 3 aromatic carbocycles. The number of piperidine rings is 3. The van der Waals surface area contributed by atoms with Crippen LogP contribution in [0.4, 0.5) is 0 Å². The first kappa shape index (κ1) is 24.1. The summed E-state index contributed by atoms with van der Waals surface area (Å²) < 4.78 is 5.84. The predicted molar refractivity (Wildman–Crippen MR) is 145 cm³/mol. The smallest absolute Gasteiger partial charge is 0.123 e. The van der Waals surface area contributed by atoms with Gasteiger partial charge in [-0.15, -0.1) is 0 Å². The Morgan fingerprint density at radius 1 is 0.943 bits per heavy atom. The van der Waals surface area contributed by atoms with Crippen molar-refractivity contribution < 1.29 is 4.74 Å². The van der Waals surface area contributed by atoms with Crippen LogP contribution >= 0.6 is 0 Å². The standard InChI is InChI=1S/C32H40N2O/c1-5-24(2)25-16-17-30(35-4)26(22-25)23-33-32(28-14-10-7-11-15-28)29-18-20-34(21-19-29)31(32,3)27-12-8-6-9-13-27/h6-17,22,24,29,33H,5,18-21,23H2,1-4H3/t24?,31-,32+/m0/s1. The van der Waals surface area contributed by atoms with Gasteiger partial charge in [-0.25, -0.2) is 0 Å². The number of hydrogen-bond acceptors (Lipinski definition) is 3. The molecule has 3 nitrogen and oxygen atoms in total. The zero-order valence-corrected chi connectivity index (χ0v) is 21.8. The number of rotatable bonds is 8. The number of nitrogens with zero attached hydrogens (tertiary/aromatic N) is 1. The third kappa shape index (κ3) is 3.90. The largest absolute Gasteiger partial charge is 0.496 e. The molecule has 0 spiro atoms. The molecule has 0 radical (unpaired) electrons. The quantitative estimate of drug-likeness (QED) is 0.392. The lowest BCUT2D eigenvalue weighted by atomic mass is 9.55.